The molecule has 1 aliphatic heterocycles. The molecule has 104 valence electrons. The van der Waals surface area contributed by atoms with Crippen molar-refractivity contribution < 1.29 is 4.79 Å². The molecule has 0 spiro atoms. The number of H-pyrrole nitrogens is 1. The number of anilines is 1. The molecular weight excluding hydrogens is 252 g/mol. The normalized spacial score (nSPS) is 14.9. The lowest BCUT2D eigenvalue weighted by molar-refractivity contribution is 0.131. The number of hydrogen-bond donors (Lipinski definition) is 2. The molecule has 20 heavy (non-hydrogen) atoms. The van der Waals surface area contributed by atoms with Crippen molar-refractivity contribution >= 4 is 11.7 Å². The van der Waals surface area contributed by atoms with Gasteiger partial charge in [0.25, 0.3) is 0 Å². The van der Waals surface area contributed by atoms with Crippen LogP contribution in [0.3, 0.4) is 0 Å². The van der Waals surface area contributed by atoms with Gasteiger partial charge in [0.05, 0.1) is 11.9 Å². The summed E-state index contributed by atoms with van der Waals surface area (Å²) in [7, 11) is 0. The highest BCUT2D eigenvalue weighted by Crippen LogP contribution is 2.22. The number of likely N-dealkylation sites (tertiary alicyclic amines) is 1. The number of aromatic nitrogens is 2. The Labute approximate surface area is 118 Å². The predicted molar refractivity (Wildman–Crippen MR) is 77.6 cm³/mol. The smallest absolute Gasteiger partial charge is 0.321 e. The molecular formula is C15H18N4O. The van der Waals surface area contributed by atoms with Crippen molar-refractivity contribution in [3.8, 4) is 0 Å². The predicted octanol–water partition coefficient (Wildman–Crippen LogP) is 2.42. The van der Waals surface area contributed by atoms with Crippen LogP contribution in [0, 0.1) is 12.8 Å². The topological polar surface area (TPSA) is 61.0 Å². The number of aryl methyl sites for hydroxylation is 1. The number of rotatable bonds is 3. The maximum atomic E-state index is 11.9. The van der Waals surface area contributed by atoms with Gasteiger partial charge in [0.2, 0.25) is 0 Å². The fraction of sp³-hybridized carbons (Fsp3) is 0.333. The number of carbonyl (C=O) groups excluding carboxylic acids is 1. The van der Waals surface area contributed by atoms with Crippen molar-refractivity contribution in [3.05, 3.63) is 47.8 Å². The Morgan fingerprint density at radius 3 is 2.95 bits per heavy atom. The van der Waals surface area contributed by atoms with Crippen LogP contribution < -0.4 is 5.32 Å². The van der Waals surface area contributed by atoms with E-state index in [1.54, 1.807) is 12.4 Å². The van der Waals surface area contributed by atoms with Gasteiger partial charge in [-0.1, -0.05) is 24.3 Å². The molecule has 2 N–H and O–H groups in total. The van der Waals surface area contributed by atoms with Gasteiger partial charge in [-0.05, 0) is 30.4 Å². The first-order chi connectivity index (χ1) is 9.72. The Kier molecular flexibility index (Phi) is 3.41. The summed E-state index contributed by atoms with van der Waals surface area (Å²) in [6.45, 7) is 3.77. The summed E-state index contributed by atoms with van der Waals surface area (Å²) in [5.41, 5.74) is 3.42. The third-order valence-corrected chi connectivity index (χ3v) is 3.76. The molecule has 3 rings (SSSR count). The van der Waals surface area contributed by atoms with Crippen LogP contribution in [0.15, 0.2) is 36.7 Å². The van der Waals surface area contributed by atoms with Crippen LogP contribution >= 0.6 is 0 Å². The minimum absolute atomic E-state index is 0.0487. The van der Waals surface area contributed by atoms with E-state index in [0.717, 1.165) is 19.5 Å². The van der Waals surface area contributed by atoms with Crippen LogP contribution in [0.5, 0.6) is 0 Å². The van der Waals surface area contributed by atoms with Crippen LogP contribution in [0.25, 0.3) is 0 Å². The average Bonchev–Trinajstić information content (AvgIpc) is 2.88. The SMILES string of the molecule is Cc1ccccc1CC1CN(C(=O)Nc2cn[nH]c2)C1. The average molecular weight is 270 g/mol. The summed E-state index contributed by atoms with van der Waals surface area (Å²) in [6, 6.07) is 8.39. The quantitative estimate of drug-likeness (QED) is 0.899. The van der Waals surface area contributed by atoms with Crippen LogP contribution in [0.4, 0.5) is 10.5 Å². The maximum absolute atomic E-state index is 11.9. The summed E-state index contributed by atoms with van der Waals surface area (Å²) < 4.78 is 0. The van der Waals surface area contributed by atoms with Gasteiger partial charge in [-0.2, -0.15) is 5.10 Å². The minimum atomic E-state index is -0.0487. The first kappa shape index (κ1) is 12.7. The molecule has 2 heterocycles. The molecule has 2 aromatic rings. The fourth-order valence-electron chi connectivity index (χ4n) is 2.54. The molecule has 0 saturated carbocycles. The number of nitrogens with one attached hydrogen (secondary N) is 2. The van der Waals surface area contributed by atoms with Gasteiger partial charge in [-0.15, -0.1) is 0 Å². The highest BCUT2D eigenvalue weighted by Gasteiger charge is 2.30. The van der Waals surface area contributed by atoms with E-state index in [-0.39, 0.29) is 6.03 Å². The van der Waals surface area contributed by atoms with Crippen LogP contribution in [0.2, 0.25) is 0 Å². The number of benzene rings is 1. The third-order valence-electron chi connectivity index (χ3n) is 3.76. The third kappa shape index (κ3) is 2.66. The standard InChI is InChI=1S/C15H18N4O/c1-11-4-2-3-5-13(11)6-12-9-19(10-12)15(20)18-14-7-16-17-8-14/h2-5,7-8,12H,6,9-10H2,1H3,(H,16,17)(H,18,20). The van der Waals surface area contributed by atoms with Gasteiger partial charge in [-0.3, -0.25) is 5.10 Å². The first-order valence-corrected chi connectivity index (χ1v) is 6.81. The molecule has 0 bridgehead atoms. The van der Waals surface area contributed by atoms with Gasteiger partial charge in [-0.25, -0.2) is 4.79 Å². The summed E-state index contributed by atoms with van der Waals surface area (Å²) in [5.74, 6) is 0.561. The lowest BCUT2D eigenvalue weighted by Crippen LogP contribution is -2.52. The monoisotopic (exact) mass is 270 g/mol. The Hall–Kier alpha value is -2.30. The van der Waals surface area contributed by atoms with Crippen molar-refractivity contribution in [2.24, 2.45) is 5.92 Å². The summed E-state index contributed by atoms with van der Waals surface area (Å²) in [4.78, 5) is 13.8. The zero-order chi connectivity index (χ0) is 13.9. The Morgan fingerprint density at radius 1 is 1.45 bits per heavy atom. The second-order valence-corrected chi connectivity index (χ2v) is 5.32. The number of amides is 2. The highest BCUT2D eigenvalue weighted by atomic mass is 16.2. The lowest BCUT2D eigenvalue weighted by Gasteiger charge is -2.39. The lowest BCUT2D eigenvalue weighted by atomic mass is 9.90. The minimum Gasteiger partial charge on any atom is -0.324 e. The van der Waals surface area contributed by atoms with Crippen molar-refractivity contribution in [2.45, 2.75) is 13.3 Å². The summed E-state index contributed by atoms with van der Waals surface area (Å²) in [5, 5.41) is 9.29. The van der Waals surface area contributed by atoms with E-state index in [4.69, 9.17) is 0 Å². The summed E-state index contributed by atoms with van der Waals surface area (Å²) >= 11 is 0. The van der Waals surface area contributed by atoms with Crippen LogP contribution in [-0.4, -0.2) is 34.2 Å². The fourth-order valence-corrected chi connectivity index (χ4v) is 2.54. The van der Waals surface area contributed by atoms with Gasteiger partial charge >= 0.3 is 6.03 Å². The second-order valence-electron chi connectivity index (χ2n) is 5.32. The van der Waals surface area contributed by atoms with Crippen molar-refractivity contribution in [1.29, 1.82) is 0 Å². The Bertz CT molecular complexity index is 588. The van der Waals surface area contributed by atoms with E-state index < -0.39 is 0 Å². The van der Waals surface area contributed by atoms with E-state index >= 15 is 0 Å². The molecule has 0 aliphatic carbocycles. The van der Waals surface area contributed by atoms with Crippen LogP contribution in [0.1, 0.15) is 11.1 Å². The van der Waals surface area contributed by atoms with Gasteiger partial charge in [0.15, 0.2) is 0 Å². The maximum Gasteiger partial charge on any atom is 0.321 e. The van der Waals surface area contributed by atoms with E-state index in [0.29, 0.717) is 11.6 Å². The number of carbonyl (C=O) groups is 1. The van der Waals surface area contributed by atoms with Gasteiger partial charge < -0.3 is 10.2 Å². The molecule has 1 fully saturated rings. The molecule has 5 heteroatoms. The van der Waals surface area contributed by atoms with Crippen molar-refractivity contribution in [2.75, 3.05) is 18.4 Å². The van der Waals surface area contributed by atoms with E-state index in [9.17, 15) is 4.79 Å². The molecule has 1 aromatic heterocycles. The number of nitrogens with zero attached hydrogens (tertiary/aromatic N) is 2. The molecule has 5 nitrogen and oxygen atoms in total. The van der Waals surface area contributed by atoms with Gasteiger partial charge in [0.1, 0.15) is 0 Å². The molecule has 0 unspecified atom stereocenters. The van der Waals surface area contributed by atoms with Crippen molar-refractivity contribution in [3.63, 3.8) is 0 Å². The molecule has 0 radical (unpaired) electrons. The van der Waals surface area contributed by atoms with Gasteiger partial charge in [0, 0.05) is 19.3 Å². The Morgan fingerprint density at radius 2 is 2.25 bits per heavy atom. The molecule has 2 amide bonds. The van der Waals surface area contributed by atoms with E-state index in [1.165, 1.54) is 11.1 Å². The largest absolute Gasteiger partial charge is 0.324 e. The zero-order valence-corrected chi connectivity index (χ0v) is 11.5. The first-order valence-electron chi connectivity index (χ1n) is 6.81. The molecule has 1 aromatic carbocycles. The van der Waals surface area contributed by atoms with Crippen molar-refractivity contribution in [1.82, 2.24) is 15.1 Å². The van der Waals surface area contributed by atoms with E-state index in [1.807, 2.05) is 4.90 Å². The molecule has 1 saturated heterocycles. The zero-order valence-electron chi connectivity index (χ0n) is 11.5. The second kappa shape index (κ2) is 5.36. The Balaban J connectivity index is 1.49. The number of hydrogen-bond acceptors (Lipinski definition) is 2. The number of aromatic amines is 1. The molecule has 1 aliphatic rings. The number of urea groups is 1. The van der Waals surface area contributed by atoms with E-state index in [2.05, 4.69) is 46.7 Å². The van der Waals surface area contributed by atoms with Crippen LogP contribution in [-0.2, 0) is 6.42 Å². The molecule has 0 atom stereocenters. The summed E-state index contributed by atoms with van der Waals surface area (Å²) in [6.07, 6.45) is 4.31. The highest BCUT2D eigenvalue weighted by molar-refractivity contribution is 5.89.